The first-order chi connectivity index (χ1) is 9.97. The molecule has 0 fully saturated rings. The number of hydrogen-bond donors (Lipinski definition) is 0. The van der Waals surface area contributed by atoms with Crippen LogP contribution in [0.4, 0.5) is 5.82 Å². The van der Waals surface area contributed by atoms with Gasteiger partial charge in [-0.05, 0) is 43.3 Å². The first kappa shape index (κ1) is 15.0. The molecule has 0 saturated carbocycles. The summed E-state index contributed by atoms with van der Waals surface area (Å²) in [6, 6.07) is 8.01. The number of hydrogen-bond acceptors (Lipinski definition) is 3. The molecule has 0 aromatic carbocycles. The second-order valence-corrected chi connectivity index (χ2v) is 5.45. The van der Waals surface area contributed by atoms with Crippen LogP contribution in [0.5, 0.6) is 0 Å². The minimum atomic E-state index is 0.894. The van der Waals surface area contributed by atoms with Crippen LogP contribution >= 0.6 is 0 Å². The van der Waals surface area contributed by atoms with Crippen molar-refractivity contribution in [2.75, 3.05) is 19.0 Å². The summed E-state index contributed by atoms with van der Waals surface area (Å²) in [5.41, 5.74) is 3.15. The van der Waals surface area contributed by atoms with Crippen molar-refractivity contribution in [1.82, 2.24) is 9.97 Å². The summed E-state index contributed by atoms with van der Waals surface area (Å²) < 4.78 is 0. The van der Waals surface area contributed by atoms with Crippen LogP contribution in [-0.4, -0.2) is 24.1 Å². The average Bonchev–Trinajstić information content (AvgIpc) is 2.46. The van der Waals surface area contributed by atoms with E-state index in [9.17, 15) is 0 Å². The number of pyridine rings is 2. The van der Waals surface area contributed by atoms with Crippen molar-refractivity contribution in [3.8, 4) is 11.3 Å². The maximum Gasteiger partial charge on any atom is 0.127 e. The van der Waals surface area contributed by atoms with Crippen molar-refractivity contribution in [2.24, 2.45) is 0 Å². The zero-order valence-electron chi connectivity index (χ0n) is 13.1. The van der Waals surface area contributed by atoms with Gasteiger partial charge in [0.2, 0.25) is 0 Å². The van der Waals surface area contributed by atoms with Gasteiger partial charge in [0.1, 0.15) is 5.82 Å². The molecule has 0 aliphatic heterocycles. The number of allylic oxidation sites excluding steroid dienone is 2. The van der Waals surface area contributed by atoms with Crippen molar-refractivity contribution >= 4 is 18.5 Å². The van der Waals surface area contributed by atoms with Crippen LogP contribution in [0.1, 0.15) is 13.8 Å². The lowest BCUT2D eigenvalue weighted by molar-refractivity contribution is 1.07. The second-order valence-electron chi connectivity index (χ2n) is 5.45. The predicted molar refractivity (Wildman–Crippen MR) is 90.5 cm³/mol. The Bertz CT molecular complexity index is 752. The zero-order chi connectivity index (χ0) is 15.4. The van der Waals surface area contributed by atoms with E-state index in [1.54, 1.807) is 0 Å². The fourth-order valence-electron chi connectivity index (χ4n) is 1.86. The lowest BCUT2D eigenvalue weighted by Crippen LogP contribution is -2.26. The molecule has 0 amide bonds. The van der Waals surface area contributed by atoms with E-state index in [4.69, 9.17) is 0 Å². The SMILES string of the molecule is C=c1ccc(-c2ccc(N(C)C)nc2)nc1=CC=C(C)C. The first-order valence-electron chi connectivity index (χ1n) is 6.92. The molecular weight excluding hydrogens is 258 g/mol. The van der Waals surface area contributed by atoms with Gasteiger partial charge in [-0.3, -0.25) is 0 Å². The molecule has 2 rings (SSSR count). The second kappa shape index (κ2) is 6.35. The Balaban J connectivity index is 2.46. The topological polar surface area (TPSA) is 29.0 Å². The Labute approximate surface area is 126 Å². The van der Waals surface area contributed by atoms with Gasteiger partial charge in [0.15, 0.2) is 0 Å². The van der Waals surface area contributed by atoms with Crippen LogP contribution in [0, 0.1) is 0 Å². The Morgan fingerprint density at radius 1 is 1.14 bits per heavy atom. The van der Waals surface area contributed by atoms with Gasteiger partial charge in [-0.15, -0.1) is 0 Å². The number of anilines is 1. The number of nitrogens with zero attached hydrogens (tertiary/aromatic N) is 3. The van der Waals surface area contributed by atoms with Gasteiger partial charge in [0.25, 0.3) is 0 Å². The molecule has 0 aliphatic carbocycles. The summed E-state index contributed by atoms with van der Waals surface area (Å²) in [5.74, 6) is 0.934. The molecule has 0 saturated heterocycles. The molecule has 0 unspecified atom stereocenters. The van der Waals surface area contributed by atoms with E-state index < -0.39 is 0 Å². The third-order valence-electron chi connectivity index (χ3n) is 3.09. The Morgan fingerprint density at radius 3 is 2.48 bits per heavy atom. The van der Waals surface area contributed by atoms with Crippen LogP contribution < -0.4 is 15.5 Å². The van der Waals surface area contributed by atoms with Crippen LogP contribution in [0.15, 0.2) is 42.1 Å². The van der Waals surface area contributed by atoms with E-state index in [0.29, 0.717) is 0 Å². The minimum absolute atomic E-state index is 0.894. The molecule has 3 nitrogen and oxygen atoms in total. The van der Waals surface area contributed by atoms with Crippen molar-refractivity contribution in [2.45, 2.75) is 13.8 Å². The van der Waals surface area contributed by atoms with Crippen molar-refractivity contribution in [3.05, 3.63) is 52.7 Å². The van der Waals surface area contributed by atoms with E-state index in [-0.39, 0.29) is 0 Å². The summed E-state index contributed by atoms with van der Waals surface area (Å²) in [4.78, 5) is 11.1. The monoisotopic (exact) mass is 279 g/mol. The largest absolute Gasteiger partial charge is 0.363 e. The van der Waals surface area contributed by atoms with E-state index in [0.717, 1.165) is 27.6 Å². The standard InChI is InChI=1S/C18H21N3/c1-13(2)6-9-16-14(3)7-10-17(20-16)15-8-11-18(19-12-15)21(4)5/h6-12H,3H2,1-2,4-5H3. The molecule has 2 aromatic heterocycles. The van der Waals surface area contributed by atoms with Crippen molar-refractivity contribution < 1.29 is 0 Å². The summed E-state index contributed by atoms with van der Waals surface area (Å²) in [6.45, 7) is 8.15. The summed E-state index contributed by atoms with van der Waals surface area (Å²) in [6.07, 6.45) is 5.90. The van der Waals surface area contributed by atoms with Crippen LogP contribution in [-0.2, 0) is 0 Å². The number of aromatic nitrogens is 2. The summed E-state index contributed by atoms with van der Waals surface area (Å²) >= 11 is 0. The molecule has 2 heterocycles. The average molecular weight is 279 g/mol. The van der Waals surface area contributed by atoms with Gasteiger partial charge in [-0.2, -0.15) is 0 Å². The zero-order valence-corrected chi connectivity index (χ0v) is 13.1. The lowest BCUT2D eigenvalue weighted by atomic mass is 10.1. The van der Waals surface area contributed by atoms with Gasteiger partial charge in [-0.1, -0.05) is 24.3 Å². The highest BCUT2D eigenvalue weighted by Crippen LogP contribution is 2.16. The van der Waals surface area contributed by atoms with Gasteiger partial charge in [-0.25, -0.2) is 9.97 Å². The maximum absolute atomic E-state index is 4.67. The van der Waals surface area contributed by atoms with Crippen LogP contribution in [0.2, 0.25) is 0 Å². The Kier molecular flexibility index (Phi) is 4.53. The Hall–Kier alpha value is -2.42. The van der Waals surface area contributed by atoms with Crippen molar-refractivity contribution in [3.63, 3.8) is 0 Å². The molecule has 2 aromatic rings. The fourth-order valence-corrected chi connectivity index (χ4v) is 1.86. The highest BCUT2D eigenvalue weighted by Gasteiger charge is 2.01. The normalized spacial score (nSPS) is 11.3. The van der Waals surface area contributed by atoms with E-state index in [1.807, 2.05) is 61.6 Å². The minimum Gasteiger partial charge on any atom is -0.363 e. The molecule has 0 atom stereocenters. The Morgan fingerprint density at radius 2 is 1.90 bits per heavy atom. The van der Waals surface area contributed by atoms with Gasteiger partial charge >= 0.3 is 0 Å². The van der Waals surface area contributed by atoms with Gasteiger partial charge in [0, 0.05) is 25.9 Å². The van der Waals surface area contributed by atoms with E-state index >= 15 is 0 Å². The molecular formula is C18H21N3. The van der Waals surface area contributed by atoms with E-state index in [1.165, 1.54) is 5.57 Å². The third-order valence-corrected chi connectivity index (χ3v) is 3.09. The molecule has 0 bridgehead atoms. The van der Waals surface area contributed by atoms with Gasteiger partial charge < -0.3 is 4.90 Å². The smallest absolute Gasteiger partial charge is 0.127 e. The highest BCUT2D eigenvalue weighted by molar-refractivity contribution is 5.60. The lowest BCUT2D eigenvalue weighted by Gasteiger charge is -2.11. The number of rotatable bonds is 3. The molecule has 21 heavy (non-hydrogen) atoms. The van der Waals surface area contributed by atoms with Crippen LogP contribution in [0.25, 0.3) is 23.9 Å². The van der Waals surface area contributed by atoms with Crippen molar-refractivity contribution in [1.29, 1.82) is 0 Å². The quantitative estimate of drug-likeness (QED) is 0.863. The first-order valence-corrected chi connectivity index (χ1v) is 6.92. The highest BCUT2D eigenvalue weighted by atomic mass is 15.1. The van der Waals surface area contributed by atoms with Crippen LogP contribution in [0.3, 0.4) is 0 Å². The molecule has 3 heteroatoms. The molecule has 0 spiro atoms. The predicted octanol–water partition coefficient (Wildman–Crippen LogP) is 2.37. The summed E-state index contributed by atoms with van der Waals surface area (Å²) in [7, 11) is 3.95. The molecule has 0 aliphatic rings. The maximum atomic E-state index is 4.67. The fraction of sp³-hybridized carbons (Fsp3) is 0.222. The third kappa shape index (κ3) is 3.78. The summed E-state index contributed by atoms with van der Waals surface area (Å²) in [5, 5.41) is 1.82. The van der Waals surface area contributed by atoms with Gasteiger partial charge in [0.05, 0.1) is 11.0 Å². The molecule has 0 radical (unpaired) electrons. The van der Waals surface area contributed by atoms with E-state index in [2.05, 4.69) is 30.4 Å². The molecule has 108 valence electrons. The molecule has 0 N–H and O–H groups in total.